The van der Waals surface area contributed by atoms with Gasteiger partial charge in [0.05, 0.1) is 6.61 Å². The van der Waals surface area contributed by atoms with E-state index in [-0.39, 0.29) is 24.2 Å². The number of amides is 1. The highest BCUT2D eigenvalue weighted by molar-refractivity contribution is 5.70. The Morgan fingerprint density at radius 1 is 1.60 bits per heavy atom. The molecule has 0 aromatic carbocycles. The Morgan fingerprint density at radius 2 is 2.27 bits per heavy atom. The third-order valence-electron chi connectivity index (χ3n) is 3.32. The second kappa shape index (κ2) is 3.11. The summed E-state index contributed by atoms with van der Waals surface area (Å²) in [5, 5.41) is 9.22. The molecule has 4 nitrogen and oxygen atoms in total. The molecule has 2 aliphatic rings. The second-order valence-electron chi connectivity index (χ2n) is 5.66. The minimum atomic E-state index is -0.434. The van der Waals surface area contributed by atoms with Gasteiger partial charge >= 0.3 is 6.09 Å². The summed E-state index contributed by atoms with van der Waals surface area (Å²) in [6.07, 6.45) is 1.61. The summed E-state index contributed by atoms with van der Waals surface area (Å²) < 4.78 is 5.31. The first-order valence-electron chi connectivity index (χ1n) is 5.48. The maximum Gasteiger partial charge on any atom is 0.410 e. The van der Waals surface area contributed by atoms with E-state index < -0.39 is 5.60 Å². The predicted molar refractivity (Wildman–Crippen MR) is 55.5 cm³/mol. The fourth-order valence-corrected chi connectivity index (χ4v) is 2.32. The number of fused-ring (bicyclic) bond motifs is 1. The van der Waals surface area contributed by atoms with Crippen LogP contribution >= 0.6 is 0 Å². The van der Waals surface area contributed by atoms with Crippen molar-refractivity contribution in [1.82, 2.24) is 4.90 Å². The number of rotatable bonds is 1. The fraction of sp³-hybridized carbons (Fsp3) is 0.909. The van der Waals surface area contributed by atoms with Crippen molar-refractivity contribution in [3.05, 3.63) is 0 Å². The Morgan fingerprint density at radius 3 is 2.67 bits per heavy atom. The molecule has 1 aliphatic heterocycles. The van der Waals surface area contributed by atoms with E-state index in [1.807, 2.05) is 20.8 Å². The third-order valence-corrected chi connectivity index (χ3v) is 3.32. The number of carbonyl (C=O) groups excluding carboxylic acids is 1. The van der Waals surface area contributed by atoms with E-state index in [2.05, 4.69) is 0 Å². The Hall–Kier alpha value is -0.770. The molecule has 0 bridgehead atoms. The molecule has 0 aromatic heterocycles. The first-order valence-corrected chi connectivity index (χ1v) is 5.48. The third kappa shape index (κ3) is 1.83. The van der Waals surface area contributed by atoms with Gasteiger partial charge in [0.25, 0.3) is 0 Å². The molecule has 15 heavy (non-hydrogen) atoms. The van der Waals surface area contributed by atoms with E-state index in [4.69, 9.17) is 4.74 Å². The van der Waals surface area contributed by atoms with Gasteiger partial charge in [-0.3, -0.25) is 0 Å². The molecule has 2 rings (SSSR count). The van der Waals surface area contributed by atoms with Crippen molar-refractivity contribution in [3.8, 4) is 0 Å². The zero-order valence-corrected chi connectivity index (χ0v) is 9.62. The van der Waals surface area contributed by atoms with Crippen molar-refractivity contribution in [2.75, 3.05) is 13.2 Å². The van der Waals surface area contributed by atoms with Gasteiger partial charge in [-0.2, -0.15) is 0 Å². The average molecular weight is 213 g/mol. The molecule has 2 atom stereocenters. The number of carbonyl (C=O) groups is 1. The number of nitrogens with zero attached hydrogens (tertiary/aromatic N) is 1. The standard InChI is InChI=1S/C11H19NO3/c1-10(2,3)15-9(14)12-5-4-11(7-13)6-8(11)12/h8,13H,4-7H2,1-3H3/t8-,11-/m1/s1. The van der Waals surface area contributed by atoms with Gasteiger partial charge in [0, 0.05) is 18.0 Å². The van der Waals surface area contributed by atoms with E-state index in [9.17, 15) is 9.90 Å². The lowest BCUT2D eigenvalue weighted by molar-refractivity contribution is 0.0261. The molecule has 86 valence electrons. The van der Waals surface area contributed by atoms with Gasteiger partial charge in [0.1, 0.15) is 5.60 Å². The van der Waals surface area contributed by atoms with Crippen LogP contribution in [0, 0.1) is 5.41 Å². The van der Waals surface area contributed by atoms with Crippen LogP contribution < -0.4 is 0 Å². The van der Waals surface area contributed by atoms with Crippen LogP contribution in [0.25, 0.3) is 0 Å². The molecule has 1 heterocycles. The van der Waals surface area contributed by atoms with Gasteiger partial charge in [0.15, 0.2) is 0 Å². The molecule has 0 spiro atoms. The zero-order valence-electron chi connectivity index (χ0n) is 9.62. The molecular weight excluding hydrogens is 194 g/mol. The number of hydrogen-bond acceptors (Lipinski definition) is 3. The molecule has 1 N–H and O–H groups in total. The highest BCUT2D eigenvalue weighted by atomic mass is 16.6. The van der Waals surface area contributed by atoms with Crippen molar-refractivity contribution in [2.24, 2.45) is 5.41 Å². The van der Waals surface area contributed by atoms with E-state index in [1.54, 1.807) is 4.90 Å². The Balaban J connectivity index is 1.95. The van der Waals surface area contributed by atoms with Gasteiger partial charge in [-0.1, -0.05) is 0 Å². The van der Waals surface area contributed by atoms with Crippen molar-refractivity contribution in [1.29, 1.82) is 0 Å². The minimum absolute atomic E-state index is 0.0108. The van der Waals surface area contributed by atoms with Crippen LogP contribution in [0.1, 0.15) is 33.6 Å². The van der Waals surface area contributed by atoms with Crippen LogP contribution in [-0.4, -0.2) is 40.9 Å². The summed E-state index contributed by atoms with van der Waals surface area (Å²) in [5.41, 5.74) is -0.423. The molecule has 1 saturated heterocycles. The van der Waals surface area contributed by atoms with Gasteiger partial charge < -0.3 is 14.7 Å². The lowest BCUT2D eigenvalue weighted by Crippen LogP contribution is -2.36. The number of piperidine rings is 1. The molecular formula is C11H19NO3. The Labute approximate surface area is 90.2 Å². The Kier molecular flexibility index (Phi) is 2.23. The van der Waals surface area contributed by atoms with Crippen LogP contribution in [-0.2, 0) is 4.74 Å². The highest BCUT2D eigenvalue weighted by Gasteiger charge is 2.62. The maximum atomic E-state index is 11.8. The predicted octanol–water partition coefficient (Wildman–Crippen LogP) is 1.38. The summed E-state index contributed by atoms with van der Waals surface area (Å²) in [6, 6.07) is 0.220. The van der Waals surface area contributed by atoms with Gasteiger partial charge in [-0.05, 0) is 33.6 Å². The molecule has 1 saturated carbocycles. The van der Waals surface area contributed by atoms with Gasteiger partial charge in [0.2, 0.25) is 0 Å². The highest BCUT2D eigenvalue weighted by Crippen LogP contribution is 2.56. The van der Waals surface area contributed by atoms with Crippen LogP contribution in [0.5, 0.6) is 0 Å². The lowest BCUT2D eigenvalue weighted by Gasteiger charge is -2.25. The van der Waals surface area contributed by atoms with Crippen LogP contribution in [0.2, 0.25) is 0 Å². The number of hydrogen-bond donors (Lipinski definition) is 1. The zero-order chi connectivity index (χ0) is 11.3. The summed E-state index contributed by atoms with van der Waals surface area (Å²) >= 11 is 0. The first-order chi connectivity index (χ1) is 6.88. The molecule has 1 aliphatic carbocycles. The van der Waals surface area contributed by atoms with E-state index in [1.165, 1.54) is 0 Å². The number of aliphatic hydroxyl groups is 1. The molecule has 0 aromatic rings. The first kappa shape index (κ1) is 10.7. The molecule has 0 unspecified atom stereocenters. The summed E-state index contributed by atoms with van der Waals surface area (Å²) in [5.74, 6) is 0. The summed E-state index contributed by atoms with van der Waals surface area (Å²) in [6.45, 7) is 6.52. The van der Waals surface area contributed by atoms with Crippen molar-refractivity contribution in [2.45, 2.75) is 45.3 Å². The molecule has 0 radical (unpaired) electrons. The smallest absolute Gasteiger partial charge is 0.410 e. The summed E-state index contributed by atoms with van der Waals surface area (Å²) in [4.78, 5) is 13.5. The average Bonchev–Trinajstić information content (AvgIpc) is 2.70. The van der Waals surface area contributed by atoms with Crippen LogP contribution in [0.3, 0.4) is 0 Å². The van der Waals surface area contributed by atoms with Gasteiger partial charge in [-0.25, -0.2) is 4.79 Å². The molecule has 2 fully saturated rings. The minimum Gasteiger partial charge on any atom is -0.444 e. The van der Waals surface area contributed by atoms with Crippen molar-refractivity contribution in [3.63, 3.8) is 0 Å². The number of ether oxygens (including phenoxy) is 1. The molecule has 1 amide bonds. The quantitative estimate of drug-likeness (QED) is 0.716. The number of aliphatic hydroxyl groups excluding tert-OH is 1. The topological polar surface area (TPSA) is 49.8 Å². The van der Waals surface area contributed by atoms with E-state index in [0.717, 1.165) is 19.4 Å². The largest absolute Gasteiger partial charge is 0.444 e. The monoisotopic (exact) mass is 213 g/mol. The lowest BCUT2D eigenvalue weighted by atomic mass is 10.1. The number of likely N-dealkylation sites (tertiary alicyclic amines) is 1. The SMILES string of the molecule is CC(C)(C)OC(=O)N1CC[C@]2(CO)C[C@@H]12. The van der Waals surface area contributed by atoms with Crippen LogP contribution in [0.4, 0.5) is 4.79 Å². The normalized spacial score (nSPS) is 33.9. The fourth-order valence-electron chi connectivity index (χ4n) is 2.32. The van der Waals surface area contributed by atoms with Crippen LogP contribution in [0.15, 0.2) is 0 Å². The van der Waals surface area contributed by atoms with E-state index in [0.29, 0.717) is 0 Å². The maximum absolute atomic E-state index is 11.8. The van der Waals surface area contributed by atoms with Gasteiger partial charge in [-0.15, -0.1) is 0 Å². The van der Waals surface area contributed by atoms with E-state index >= 15 is 0 Å². The second-order valence-corrected chi connectivity index (χ2v) is 5.66. The Bertz CT molecular complexity index is 284. The summed E-state index contributed by atoms with van der Waals surface area (Å²) in [7, 11) is 0. The van der Waals surface area contributed by atoms with Crippen molar-refractivity contribution < 1.29 is 14.6 Å². The molecule has 4 heteroatoms. The van der Waals surface area contributed by atoms with Crippen molar-refractivity contribution >= 4 is 6.09 Å².